The van der Waals surface area contributed by atoms with Crippen LogP contribution in [0.5, 0.6) is 0 Å². The molecule has 0 unspecified atom stereocenters. The molecule has 2 aliphatic heterocycles. The maximum absolute atomic E-state index is 12.5. The smallest absolute Gasteiger partial charge is 0.326 e. The van der Waals surface area contributed by atoms with Gasteiger partial charge in [-0.2, -0.15) is 0 Å². The summed E-state index contributed by atoms with van der Waals surface area (Å²) in [6.07, 6.45) is -7.21. The molecule has 0 aromatic heterocycles. The minimum atomic E-state index is -2.00. The molecule has 11 heteroatoms. The number of thioether (sulfide) groups is 1. The molecule has 2 saturated heterocycles. The number of nitrogens with zero attached hydrogens (tertiary/aromatic N) is 1. The molecule has 6 N–H and O–H groups in total. The second-order valence-electron chi connectivity index (χ2n) is 6.47. The Balaban J connectivity index is 2.25. The Morgan fingerprint density at radius 3 is 2.28 bits per heavy atom. The van der Waals surface area contributed by atoms with Gasteiger partial charge in [0.2, 0.25) is 5.91 Å². The first-order chi connectivity index (χ1) is 11.6. The molecule has 2 amide bonds. The number of aliphatic hydroxyl groups is 4. The van der Waals surface area contributed by atoms with Gasteiger partial charge in [0.05, 0.1) is 0 Å². The first-order valence-corrected chi connectivity index (χ1v) is 8.82. The normalized spacial score (nSPS) is 36.8. The minimum Gasteiger partial charge on any atom is -0.480 e. The van der Waals surface area contributed by atoms with Crippen molar-refractivity contribution in [2.75, 3.05) is 5.75 Å². The number of hydrogen-bond donors (Lipinski definition) is 6. The summed E-state index contributed by atoms with van der Waals surface area (Å²) in [6.45, 7) is 3.23. The van der Waals surface area contributed by atoms with Crippen molar-refractivity contribution in [1.29, 1.82) is 0 Å². The number of amides is 2. The molecule has 2 aliphatic rings. The molecule has 0 aromatic carbocycles. The Kier molecular flexibility index (Phi) is 5.94. The van der Waals surface area contributed by atoms with E-state index in [0.717, 1.165) is 16.7 Å². The van der Waals surface area contributed by atoms with Crippen LogP contribution in [0.15, 0.2) is 0 Å². The molecule has 0 aromatic rings. The van der Waals surface area contributed by atoms with Crippen molar-refractivity contribution in [1.82, 2.24) is 10.2 Å². The minimum absolute atomic E-state index is 0.0548. The number of aliphatic hydroxyl groups excluding tert-OH is 4. The van der Waals surface area contributed by atoms with Crippen LogP contribution in [0.2, 0.25) is 0 Å². The topological polar surface area (TPSA) is 168 Å². The van der Waals surface area contributed by atoms with E-state index in [2.05, 4.69) is 5.32 Å². The van der Waals surface area contributed by atoms with Crippen LogP contribution in [0.25, 0.3) is 0 Å². The summed E-state index contributed by atoms with van der Waals surface area (Å²) in [7, 11) is 0. The third-order valence-electron chi connectivity index (χ3n) is 4.39. The lowest BCUT2D eigenvalue weighted by molar-refractivity contribution is -0.152. The van der Waals surface area contributed by atoms with Crippen molar-refractivity contribution in [3.05, 3.63) is 0 Å². The van der Waals surface area contributed by atoms with Gasteiger partial charge in [-0.1, -0.05) is 13.8 Å². The Hall–Kier alpha value is -1.40. The third-order valence-corrected chi connectivity index (χ3v) is 5.75. The number of carbonyl (C=O) groups excluding carboxylic acids is 2. The zero-order chi connectivity index (χ0) is 19.0. The lowest BCUT2D eigenvalue weighted by Gasteiger charge is -2.30. The van der Waals surface area contributed by atoms with Crippen molar-refractivity contribution >= 4 is 29.5 Å². The average molecular weight is 378 g/mol. The van der Waals surface area contributed by atoms with E-state index in [1.807, 2.05) is 0 Å². The zero-order valence-electron chi connectivity index (χ0n) is 13.6. The number of fused-ring (bicyclic) bond motifs is 1. The Bertz CT molecular complexity index is 559. The summed E-state index contributed by atoms with van der Waals surface area (Å²) >= 11 is 1.00. The van der Waals surface area contributed by atoms with Crippen LogP contribution in [0.1, 0.15) is 13.8 Å². The third kappa shape index (κ3) is 3.60. The largest absolute Gasteiger partial charge is 0.480 e. The summed E-state index contributed by atoms with van der Waals surface area (Å²) in [4.78, 5) is 37.0. The molecule has 2 heterocycles. The molecular weight excluding hydrogens is 356 g/mol. The standard InChI is InChI=1S/C14H22N2O8S/c1-4(2)6(14(23)24)15-11(21)5-3-25-13-10(20)8(18)7(17)9(19)12(22)16(5)13/h4-10,13,17-20H,3H2,1-2H3,(H,15,21)(H,23,24)/t5-,6-,7-,8-,9-,10+,13+/m0/s1. The fourth-order valence-electron chi connectivity index (χ4n) is 2.89. The first-order valence-electron chi connectivity index (χ1n) is 7.77. The monoisotopic (exact) mass is 378 g/mol. The number of rotatable bonds is 4. The summed E-state index contributed by atoms with van der Waals surface area (Å²) in [5.41, 5.74) is 0. The molecular formula is C14H22N2O8S. The molecule has 2 fully saturated rings. The summed E-state index contributed by atoms with van der Waals surface area (Å²) < 4.78 is 0. The Morgan fingerprint density at radius 2 is 1.76 bits per heavy atom. The number of aliphatic carboxylic acids is 1. The quantitative estimate of drug-likeness (QED) is 0.297. The maximum atomic E-state index is 12.5. The fraction of sp³-hybridized carbons (Fsp3) is 0.786. The van der Waals surface area contributed by atoms with Crippen LogP contribution in [-0.2, 0) is 14.4 Å². The van der Waals surface area contributed by atoms with Gasteiger partial charge in [0, 0.05) is 5.75 Å². The second-order valence-corrected chi connectivity index (χ2v) is 7.62. The molecule has 25 heavy (non-hydrogen) atoms. The summed E-state index contributed by atoms with van der Waals surface area (Å²) in [5.74, 6) is -3.31. The van der Waals surface area contributed by atoms with E-state index in [-0.39, 0.29) is 5.75 Å². The molecule has 0 radical (unpaired) electrons. The highest BCUT2D eigenvalue weighted by molar-refractivity contribution is 8.00. The Labute approximate surface area is 147 Å². The highest BCUT2D eigenvalue weighted by Gasteiger charge is 2.54. The van der Waals surface area contributed by atoms with E-state index in [9.17, 15) is 39.9 Å². The van der Waals surface area contributed by atoms with Crippen molar-refractivity contribution in [2.24, 2.45) is 5.92 Å². The number of carboxylic acids is 1. The molecule has 0 aliphatic carbocycles. The van der Waals surface area contributed by atoms with E-state index in [1.165, 1.54) is 0 Å². The lowest BCUT2D eigenvalue weighted by Crippen LogP contribution is -2.57. The van der Waals surface area contributed by atoms with Gasteiger partial charge in [-0.15, -0.1) is 11.8 Å². The zero-order valence-corrected chi connectivity index (χ0v) is 14.5. The molecule has 2 rings (SSSR count). The Morgan fingerprint density at radius 1 is 1.16 bits per heavy atom. The lowest BCUT2D eigenvalue weighted by atomic mass is 10.0. The van der Waals surface area contributed by atoms with Gasteiger partial charge >= 0.3 is 5.97 Å². The molecule has 0 bridgehead atoms. The van der Waals surface area contributed by atoms with Crippen LogP contribution in [0.4, 0.5) is 0 Å². The molecule has 7 atom stereocenters. The summed E-state index contributed by atoms with van der Waals surface area (Å²) in [5, 5.41) is 50.1. The van der Waals surface area contributed by atoms with Crippen LogP contribution in [-0.4, -0.2) is 95.8 Å². The first kappa shape index (κ1) is 19.9. The van der Waals surface area contributed by atoms with Gasteiger partial charge in [0.15, 0.2) is 6.10 Å². The van der Waals surface area contributed by atoms with E-state index in [0.29, 0.717) is 0 Å². The molecule has 0 spiro atoms. The van der Waals surface area contributed by atoms with Gasteiger partial charge in [0.25, 0.3) is 5.91 Å². The number of hydrogen-bond acceptors (Lipinski definition) is 8. The van der Waals surface area contributed by atoms with Crippen molar-refractivity contribution in [3.8, 4) is 0 Å². The van der Waals surface area contributed by atoms with Gasteiger partial charge in [-0.25, -0.2) is 4.79 Å². The fourth-order valence-corrected chi connectivity index (χ4v) is 4.35. The van der Waals surface area contributed by atoms with Crippen molar-refractivity contribution in [2.45, 2.75) is 55.7 Å². The number of carboxylic acid groups (broad SMARTS) is 1. The van der Waals surface area contributed by atoms with E-state index < -0.39 is 65.6 Å². The average Bonchev–Trinajstić information content (AvgIpc) is 2.97. The van der Waals surface area contributed by atoms with Gasteiger partial charge in [-0.05, 0) is 5.92 Å². The van der Waals surface area contributed by atoms with Crippen molar-refractivity contribution < 1.29 is 39.9 Å². The highest BCUT2D eigenvalue weighted by Crippen LogP contribution is 2.36. The number of carbonyl (C=O) groups is 3. The predicted octanol–water partition coefficient (Wildman–Crippen LogP) is -3.06. The summed E-state index contributed by atoms with van der Waals surface area (Å²) in [6, 6.07) is -2.30. The van der Waals surface area contributed by atoms with E-state index >= 15 is 0 Å². The van der Waals surface area contributed by atoms with Gasteiger partial charge in [0.1, 0.15) is 35.8 Å². The van der Waals surface area contributed by atoms with Gasteiger partial charge < -0.3 is 35.7 Å². The SMILES string of the molecule is CC(C)[C@H](NC(=O)[C@@H]1CS[C@@H]2[C@H](O)[C@@H](O)[C@H](O)[C@H](O)C(=O)N21)C(=O)O. The maximum Gasteiger partial charge on any atom is 0.326 e. The van der Waals surface area contributed by atoms with Crippen LogP contribution in [0.3, 0.4) is 0 Å². The molecule has 10 nitrogen and oxygen atoms in total. The molecule has 0 saturated carbocycles. The predicted molar refractivity (Wildman–Crippen MR) is 85.3 cm³/mol. The van der Waals surface area contributed by atoms with Gasteiger partial charge in [-0.3, -0.25) is 9.59 Å². The van der Waals surface area contributed by atoms with Crippen LogP contribution in [0, 0.1) is 5.92 Å². The molecule has 142 valence electrons. The second kappa shape index (κ2) is 7.46. The van der Waals surface area contributed by atoms with Crippen LogP contribution >= 0.6 is 11.8 Å². The van der Waals surface area contributed by atoms with Crippen molar-refractivity contribution in [3.63, 3.8) is 0 Å². The van der Waals surface area contributed by atoms with E-state index in [4.69, 9.17) is 0 Å². The van der Waals surface area contributed by atoms with E-state index in [1.54, 1.807) is 13.8 Å². The highest BCUT2D eigenvalue weighted by atomic mass is 32.2. The van der Waals surface area contributed by atoms with Crippen LogP contribution < -0.4 is 5.32 Å². The number of nitrogens with one attached hydrogen (secondary N) is 1.